The second-order valence-corrected chi connectivity index (χ2v) is 11.1. The first-order valence-corrected chi connectivity index (χ1v) is 13.1. The Bertz CT molecular complexity index is 1520. The largest absolute Gasteiger partial charge is 0.506 e. The number of sulfonamides is 1. The molecule has 3 N–H and O–H groups in total. The van der Waals surface area contributed by atoms with Gasteiger partial charge < -0.3 is 9.84 Å². The summed E-state index contributed by atoms with van der Waals surface area (Å²) in [5.74, 6) is -0.688. The molecule has 33 heavy (non-hydrogen) atoms. The zero-order valence-electron chi connectivity index (χ0n) is 16.8. The molecule has 0 fully saturated rings. The van der Waals surface area contributed by atoms with Crippen molar-refractivity contribution in [3.8, 4) is 5.75 Å². The monoisotopic (exact) mass is 522 g/mol. The van der Waals surface area contributed by atoms with E-state index in [2.05, 4.69) is 14.6 Å². The van der Waals surface area contributed by atoms with Crippen molar-refractivity contribution in [3.05, 3.63) is 58.5 Å². The Morgan fingerprint density at radius 2 is 2.03 bits per heavy atom. The van der Waals surface area contributed by atoms with Crippen LogP contribution in [0, 0.1) is 0 Å². The molecular weight excluding hydrogens is 508 g/mol. The predicted molar refractivity (Wildman–Crippen MR) is 129 cm³/mol. The predicted octanol–water partition coefficient (Wildman–Crippen LogP) is 4.77. The van der Waals surface area contributed by atoms with Gasteiger partial charge in [0.15, 0.2) is 5.00 Å². The van der Waals surface area contributed by atoms with Gasteiger partial charge in [0, 0.05) is 10.3 Å². The van der Waals surface area contributed by atoms with Crippen molar-refractivity contribution in [2.75, 3.05) is 7.11 Å². The summed E-state index contributed by atoms with van der Waals surface area (Å²) >= 11 is 7.14. The maximum Gasteiger partial charge on any atom is 0.344 e. The summed E-state index contributed by atoms with van der Waals surface area (Å²) in [7, 11) is -3.52. The molecule has 2 aromatic carbocycles. The minimum atomic E-state index is -3.90. The molecule has 4 rings (SSSR count). The first kappa shape index (κ1) is 23.3. The average molecular weight is 523 g/mol. The summed E-state index contributed by atoms with van der Waals surface area (Å²) < 4.78 is 32.5. The van der Waals surface area contributed by atoms with Crippen LogP contribution in [0.4, 0.5) is 10.7 Å². The quantitative estimate of drug-likeness (QED) is 0.280. The minimum Gasteiger partial charge on any atom is -0.506 e. The summed E-state index contributed by atoms with van der Waals surface area (Å²) in [5.41, 5.74) is 0.848. The van der Waals surface area contributed by atoms with Crippen molar-refractivity contribution in [1.82, 2.24) is 4.37 Å². The molecule has 9 nitrogen and oxygen atoms in total. The van der Waals surface area contributed by atoms with Gasteiger partial charge in [0.05, 0.1) is 27.4 Å². The van der Waals surface area contributed by atoms with Crippen molar-refractivity contribution < 1.29 is 23.1 Å². The van der Waals surface area contributed by atoms with Crippen LogP contribution in [0.25, 0.3) is 10.9 Å². The Labute approximate surface area is 200 Å². The van der Waals surface area contributed by atoms with Crippen LogP contribution in [0.3, 0.4) is 0 Å². The van der Waals surface area contributed by atoms with Crippen molar-refractivity contribution in [3.63, 3.8) is 0 Å². The van der Waals surface area contributed by atoms with Crippen molar-refractivity contribution in [2.45, 2.75) is 9.79 Å². The summed E-state index contributed by atoms with van der Waals surface area (Å²) in [6.45, 7) is 0. The fraction of sp³-hybridized carbons (Fsp3) is 0.0500. The third kappa shape index (κ3) is 4.75. The number of azo groups is 1. The number of aromatic nitrogens is 1. The number of aromatic hydroxyl groups is 1. The number of hydrogen-bond acceptors (Lipinski definition) is 9. The molecule has 0 saturated heterocycles. The lowest BCUT2D eigenvalue weighted by Crippen LogP contribution is -2.11. The molecule has 0 spiro atoms. The number of phenolic OH excluding ortho intramolecular Hbond substituents is 1. The highest BCUT2D eigenvalue weighted by atomic mass is 35.5. The second-order valence-electron chi connectivity index (χ2n) is 6.56. The maximum atomic E-state index is 12.3. The van der Waals surface area contributed by atoms with Gasteiger partial charge in [0.2, 0.25) is 10.0 Å². The van der Waals surface area contributed by atoms with Crippen LogP contribution in [-0.4, -0.2) is 36.3 Å². The lowest BCUT2D eigenvalue weighted by Gasteiger charge is -2.16. The second kappa shape index (κ2) is 9.15. The van der Waals surface area contributed by atoms with Crippen LogP contribution < -0.4 is 5.14 Å². The number of hydrogen-bond donors (Lipinski definition) is 2. The number of phenols is 1. The zero-order valence-corrected chi connectivity index (χ0v) is 20.0. The van der Waals surface area contributed by atoms with Crippen molar-refractivity contribution >= 4 is 76.6 Å². The van der Waals surface area contributed by atoms with E-state index in [-0.39, 0.29) is 15.7 Å². The Balaban J connectivity index is 1.82. The van der Waals surface area contributed by atoms with Gasteiger partial charge in [-0.15, -0.1) is 20.7 Å². The number of fused-ring (bicyclic) bond motifs is 1. The van der Waals surface area contributed by atoms with E-state index >= 15 is 0 Å². The van der Waals surface area contributed by atoms with Gasteiger partial charge >= 0.3 is 5.97 Å². The minimum absolute atomic E-state index is 0.0538. The third-order valence-electron chi connectivity index (χ3n) is 4.47. The highest BCUT2D eigenvalue weighted by molar-refractivity contribution is 8.19. The van der Waals surface area contributed by atoms with Gasteiger partial charge in [-0.3, -0.25) is 0 Å². The van der Waals surface area contributed by atoms with E-state index in [4.69, 9.17) is 21.5 Å². The normalized spacial score (nSPS) is 16.1. The van der Waals surface area contributed by atoms with Crippen LogP contribution in [0.2, 0.25) is 5.02 Å². The molecule has 0 aliphatic carbocycles. The van der Waals surface area contributed by atoms with E-state index in [1.54, 1.807) is 23.6 Å². The standard InChI is InChI=1S/C20H15ClN4O5S3/c1-30-20(27)17-4-2-3-7-32(17)18-10-16(26)13(21)9-15(18)23-24-19-12-8-11(33(22,28)29)5-6-14(12)25-31-19/h2-10,26H,1H3,(H2,22,28,29). The molecule has 2 heterocycles. The number of benzene rings is 2. The van der Waals surface area contributed by atoms with Gasteiger partial charge in [-0.25, -0.2) is 18.4 Å². The molecule has 1 atom stereocenters. The molecule has 13 heteroatoms. The van der Waals surface area contributed by atoms with E-state index in [1.165, 1.54) is 37.4 Å². The highest BCUT2D eigenvalue weighted by Gasteiger charge is 2.21. The number of halogens is 1. The van der Waals surface area contributed by atoms with Crippen LogP contribution >= 0.6 is 33.6 Å². The lowest BCUT2D eigenvalue weighted by atomic mass is 10.2. The Morgan fingerprint density at radius 3 is 2.76 bits per heavy atom. The van der Waals surface area contributed by atoms with E-state index in [9.17, 15) is 18.3 Å². The molecule has 1 aliphatic heterocycles. The number of allylic oxidation sites excluding steroid dienone is 3. The number of nitrogens with two attached hydrogens (primary N) is 1. The first-order chi connectivity index (χ1) is 15.7. The molecule has 0 radical (unpaired) electrons. The summed E-state index contributed by atoms with van der Waals surface area (Å²) in [6, 6.07) is 7.14. The molecule has 1 unspecified atom stereocenters. The smallest absolute Gasteiger partial charge is 0.344 e. The Hall–Kier alpha value is -2.90. The van der Waals surface area contributed by atoms with Crippen LogP contribution in [0.5, 0.6) is 5.75 Å². The number of primary sulfonamides is 1. The van der Waals surface area contributed by atoms with Gasteiger partial charge in [0.25, 0.3) is 0 Å². The third-order valence-corrected chi connectivity index (χ3v) is 8.45. The SMILES string of the molecule is COC(=O)C1=CC=CC=S1c1cc(O)c(Cl)cc1N=Nc1snc2ccc(S(N)(=O)=O)cc12. The van der Waals surface area contributed by atoms with E-state index < -0.39 is 26.5 Å². The molecule has 1 aromatic heterocycles. The van der Waals surface area contributed by atoms with Gasteiger partial charge in [0.1, 0.15) is 11.4 Å². The summed E-state index contributed by atoms with van der Waals surface area (Å²) in [5, 5.41) is 26.6. The van der Waals surface area contributed by atoms with E-state index in [0.717, 1.165) is 11.5 Å². The number of rotatable bonds is 5. The van der Waals surface area contributed by atoms with Gasteiger partial charge in [-0.05, 0) is 53.3 Å². The molecule has 0 saturated carbocycles. The van der Waals surface area contributed by atoms with E-state index in [1.807, 2.05) is 0 Å². The first-order valence-electron chi connectivity index (χ1n) is 9.09. The summed E-state index contributed by atoms with van der Waals surface area (Å²) in [4.78, 5) is 13.1. The molecule has 170 valence electrons. The summed E-state index contributed by atoms with van der Waals surface area (Å²) in [6.07, 6.45) is 5.11. The number of methoxy groups -OCH3 is 1. The fourth-order valence-corrected chi connectivity index (χ4v) is 6.12. The molecule has 3 aromatic rings. The number of nitrogens with zero attached hydrogens (tertiary/aromatic N) is 3. The molecular formula is C20H15ClN4O5S3. The molecule has 0 bridgehead atoms. The number of carbonyl (C=O) groups is 1. The van der Waals surface area contributed by atoms with Gasteiger partial charge in [-0.1, -0.05) is 23.8 Å². The topological polar surface area (TPSA) is 144 Å². The maximum absolute atomic E-state index is 12.3. The number of esters is 1. The number of carbonyl (C=O) groups excluding carboxylic acids is 1. The van der Waals surface area contributed by atoms with Crippen LogP contribution in [-0.2, 0) is 19.6 Å². The highest BCUT2D eigenvalue weighted by Crippen LogP contribution is 2.46. The Morgan fingerprint density at radius 1 is 1.24 bits per heavy atom. The fourth-order valence-electron chi connectivity index (χ4n) is 2.91. The van der Waals surface area contributed by atoms with Gasteiger partial charge in [-0.2, -0.15) is 4.37 Å². The zero-order chi connectivity index (χ0) is 23.8. The Kier molecular flexibility index (Phi) is 6.45. The average Bonchev–Trinajstić information content (AvgIpc) is 3.20. The van der Waals surface area contributed by atoms with E-state index in [0.29, 0.717) is 31.4 Å². The molecule has 1 aliphatic rings. The molecule has 0 amide bonds. The van der Waals surface area contributed by atoms with Crippen LogP contribution in [0.1, 0.15) is 0 Å². The van der Waals surface area contributed by atoms with Crippen molar-refractivity contribution in [1.29, 1.82) is 0 Å². The number of ether oxygens (including phenoxy) is 1. The lowest BCUT2D eigenvalue weighted by molar-refractivity contribution is -0.135. The van der Waals surface area contributed by atoms with Crippen molar-refractivity contribution in [2.24, 2.45) is 15.4 Å². The van der Waals surface area contributed by atoms with Crippen LogP contribution in [0.15, 0.2) is 73.5 Å².